The van der Waals surface area contributed by atoms with E-state index in [1.54, 1.807) is 0 Å². The molecule has 1 aromatic heterocycles. The summed E-state index contributed by atoms with van der Waals surface area (Å²) in [5, 5.41) is 14.4. The van der Waals surface area contributed by atoms with Gasteiger partial charge in [-0.25, -0.2) is 4.39 Å². The molecule has 2 saturated carbocycles. The lowest BCUT2D eigenvalue weighted by Gasteiger charge is -2.26. The first-order valence-electron chi connectivity index (χ1n) is 11.4. The molecule has 1 heterocycles. The number of rotatable bonds is 9. The van der Waals surface area contributed by atoms with E-state index in [1.165, 1.54) is 23.5 Å². The summed E-state index contributed by atoms with van der Waals surface area (Å²) in [6, 6.07) is 5.88. The summed E-state index contributed by atoms with van der Waals surface area (Å²) in [4.78, 5) is 36.2. The summed E-state index contributed by atoms with van der Waals surface area (Å²) >= 11 is 7.46. The SMILES string of the molecule is O=C(NCCNC(=O)c1ccc(O[C@H]2CC[C@@H](C(=O)O)CC2)cc1F)c1cc(C2CC2)c(Cl)s1. The van der Waals surface area contributed by atoms with Crippen LogP contribution in [0.25, 0.3) is 0 Å². The third-order valence-corrected chi connectivity index (χ3v) is 7.55. The van der Waals surface area contributed by atoms with Gasteiger partial charge in [-0.2, -0.15) is 0 Å². The zero-order chi connectivity index (χ0) is 24.2. The fourth-order valence-corrected chi connectivity index (χ4v) is 5.42. The number of hydrogen-bond donors (Lipinski definition) is 3. The number of carbonyl (C=O) groups excluding carboxylic acids is 2. The van der Waals surface area contributed by atoms with Crippen LogP contribution in [0.5, 0.6) is 5.75 Å². The molecule has 2 aliphatic carbocycles. The van der Waals surface area contributed by atoms with Crippen LogP contribution in [-0.4, -0.2) is 42.1 Å². The van der Waals surface area contributed by atoms with Crippen molar-refractivity contribution < 1.29 is 28.6 Å². The molecule has 3 N–H and O–H groups in total. The molecule has 0 bridgehead atoms. The number of amides is 2. The number of carboxylic acid groups (broad SMARTS) is 1. The van der Waals surface area contributed by atoms with E-state index in [0.717, 1.165) is 24.5 Å². The number of thiophene rings is 1. The van der Waals surface area contributed by atoms with Gasteiger partial charge in [0.2, 0.25) is 0 Å². The van der Waals surface area contributed by atoms with Crippen LogP contribution in [-0.2, 0) is 4.79 Å². The summed E-state index contributed by atoms with van der Waals surface area (Å²) in [6.45, 7) is 0.338. The summed E-state index contributed by atoms with van der Waals surface area (Å²) in [5.74, 6) is -1.93. The molecule has 0 saturated heterocycles. The molecule has 0 spiro atoms. The predicted molar refractivity (Wildman–Crippen MR) is 126 cm³/mol. The van der Waals surface area contributed by atoms with E-state index in [2.05, 4.69) is 10.6 Å². The highest BCUT2D eigenvalue weighted by Crippen LogP contribution is 2.46. The minimum Gasteiger partial charge on any atom is -0.490 e. The van der Waals surface area contributed by atoms with Gasteiger partial charge in [0.25, 0.3) is 11.8 Å². The third kappa shape index (κ3) is 6.07. The van der Waals surface area contributed by atoms with Gasteiger partial charge in [-0.3, -0.25) is 14.4 Å². The summed E-state index contributed by atoms with van der Waals surface area (Å²) < 4.78 is 20.9. The van der Waals surface area contributed by atoms with Gasteiger partial charge in [-0.05, 0) is 68.2 Å². The standard InChI is InChI=1S/C24H26ClFN2O5S/c25-21-18(13-1-2-13)12-20(34-21)23(30)28-10-9-27-22(29)17-8-7-16(11-19(17)26)33-15-5-3-14(4-6-15)24(31)32/h7-8,11-15H,1-6,9-10H2,(H,27,29)(H,28,30)(H,31,32)/t14-,15+. The second-order valence-corrected chi connectivity index (χ2v) is 10.4. The Balaban J connectivity index is 1.21. The Bertz CT molecular complexity index is 1080. The van der Waals surface area contributed by atoms with Gasteiger partial charge in [-0.1, -0.05) is 11.6 Å². The van der Waals surface area contributed by atoms with E-state index < -0.39 is 17.7 Å². The lowest BCUT2D eigenvalue weighted by molar-refractivity contribution is -0.143. The number of carbonyl (C=O) groups is 3. The first kappa shape index (κ1) is 24.5. The van der Waals surface area contributed by atoms with Gasteiger partial charge in [-0.15, -0.1) is 11.3 Å². The zero-order valence-corrected chi connectivity index (χ0v) is 20.0. The van der Waals surface area contributed by atoms with Crippen LogP contribution in [0, 0.1) is 11.7 Å². The average Bonchev–Trinajstić information content (AvgIpc) is 3.58. The van der Waals surface area contributed by atoms with Crippen molar-refractivity contribution in [3.63, 3.8) is 0 Å². The van der Waals surface area contributed by atoms with Crippen LogP contribution in [0.3, 0.4) is 0 Å². The quantitative estimate of drug-likeness (QED) is 0.429. The maximum absolute atomic E-state index is 14.5. The van der Waals surface area contributed by atoms with Gasteiger partial charge in [0.1, 0.15) is 11.6 Å². The van der Waals surface area contributed by atoms with E-state index in [-0.39, 0.29) is 36.6 Å². The fourth-order valence-electron chi connectivity index (χ4n) is 4.08. The fraction of sp³-hybridized carbons (Fsp3) is 0.458. The van der Waals surface area contributed by atoms with E-state index in [4.69, 9.17) is 21.4 Å². The zero-order valence-electron chi connectivity index (χ0n) is 18.4. The van der Waals surface area contributed by atoms with Gasteiger partial charge in [0.15, 0.2) is 0 Å². The molecule has 2 aromatic rings. The van der Waals surface area contributed by atoms with Crippen molar-refractivity contribution in [2.75, 3.05) is 13.1 Å². The number of benzene rings is 1. The van der Waals surface area contributed by atoms with Crippen molar-refractivity contribution in [2.24, 2.45) is 5.92 Å². The third-order valence-electron chi connectivity index (χ3n) is 6.16. The smallest absolute Gasteiger partial charge is 0.306 e. The first-order chi connectivity index (χ1) is 16.3. The van der Waals surface area contributed by atoms with Crippen LogP contribution in [0.4, 0.5) is 4.39 Å². The Kier molecular flexibility index (Phi) is 7.73. The van der Waals surface area contributed by atoms with Crippen molar-refractivity contribution in [3.05, 3.63) is 50.4 Å². The van der Waals surface area contributed by atoms with E-state index >= 15 is 0 Å². The Morgan fingerprint density at radius 2 is 1.71 bits per heavy atom. The topological polar surface area (TPSA) is 105 Å². The number of hydrogen-bond acceptors (Lipinski definition) is 5. The average molecular weight is 509 g/mol. The second-order valence-electron chi connectivity index (χ2n) is 8.70. The summed E-state index contributed by atoms with van der Waals surface area (Å²) in [6.07, 6.45) is 4.26. The van der Waals surface area contributed by atoms with Crippen molar-refractivity contribution >= 4 is 40.7 Å². The molecule has 0 aliphatic heterocycles. The normalized spacial score (nSPS) is 19.9. The summed E-state index contributed by atoms with van der Waals surface area (Å²) in [7, 11) is 0. The maximum Gasteiger partial charge on any atom is 0.306 e. The largest absolute Gasteiger partial charge is 0.490 e. The maximum atomic E-state index is 14.5. The van der Waals surface area contributed by atoms with Crippen LogP contribution in [0.15, 0.2) is 24.3 Å². The molecular formula is C24H26ClFN2O5S. The van der Waals surface area contributed by atoms with Crippen molar-refractivity contribution in [1.82, 2.24) is 10.6 Å². The molecule has 2 amide bonds. The molecular weight excluding hydrogens is 483 g/mol. The molecule has 34 heavy (non-hydrogen) atoms. The molecule has 4 rings (SSSR count). The van der Waals surface area contributed by atoms with Gasteiger partial charge in [0.05, 0.1) is 26.8 Å². The second kappa shape index (κ2) is 10.7. The molecule has 0 unspecified atom stereocenters. The van der Waals surface area contributed by atoms with Crippen LogP contribution < -0.4 is 15.4 Å². The van der Waals surface area contributed by atoms with E-state index in [0.29, 0.717) is 46.6 Å². The van der Waals surface area contributed by atoms with Crippen LogP contribution in [0.1, 0.15) is 70.0 Å². The lowest BCUT2D eigenvalue weighted by Crippen LogP contribution is -2.34. The predicted octanol–water partition coefficient (Wildman–Crippen LogP) is 4.60. The molecule has 7 nitrogen and oxygen atoms in total. The molecule has 0 radical (unpaired) electrons. The van der Waals surface area contributed by atoms with Gasteiger partial charge < -0.3 is 20.5 Å². The molecule has 2 fully saturated rings. The van der Waals surface area contributed by atoms with Crippen LogP contribution >= 0.6 is 22.9 Å². The molecule has 1 aromatic carbocycles. The van der Waals surface area contributed by atoms with Crippen molar-refractivity contribution in [3.8, 4) is 5.75 Å². The highest BCUT2D eigenvalue weighted by Gasteiger charge is 2.29. The molecule has 182 valence electrons. The van der Waals surface area contributed by atoms with Crippen LogP contribution in [0.2, 0.25) is 4.34 Å². The number of aliphatic carboxylic acids is 1. The van der Waals surface area contributed by atoms with Crippen molar-refractivity contribution in [2.45, 2.75) is 50.5 Å². The van der Waals surface area contributed by atoms with E-state index in [9.17, 15) is 18.8 Å². The Morgan fingerprint density at radius 3 is 2.32 bits per heavy atom. The lowest BCUT2D eigenvalue weighted by atomic mass is 9.87. The first-order valence-corrected chi connectivity index (χ1v) is 12.6. The van der Waals surface area contributed by atoms with Gasteiger partial charge in [0, 0.05) is 19.2 Å². The Labute approximate surface area is 205 Å². The minimum atomic E-state index is -0.793. The monoisotopic (exact) mass is 508 g/mol. The number of nitrogens with one attached hydrogen (secondary N) is 2. The number of ether oxygens (including phenoxy) is 1. The number of halogens is 2. The Morgan fingerprint density at radius 1 is 1.03 bits per heavy atom. The minimum absolute atomic E-state index is 0.118. The van der Waals surface area contributed by atoms with Gasteiger partial charge >= 0.3 is 5.97 Å². The Hall–Kier alpha value is -2.65. The van der Waals surface area contributed by atoms with E-state index in [1.807, 2.05) is 6.07 Å². The highest BCUT2D eigenvalue weighted by molar-refractivity contribution is 7.18. The van der Waals surface area contributed by atoms with Crippen molar-refractivity contribution in [1.29, 1.82) is 0 Å². The summed E-state index contributed by atoms with van der Waals surface area (Å²) in [5.41, 5.74) is 0.910. The highest BCUT2D eigenvalue weighted by atomic mass is 35.5. The molecule has 0 atom stereocenters. The molecule has 2 aliphatic rings. The molecule has 10 heteroatoms. The number of carboxylic acids is 1.